The summed E-state index contributed by atoms with van der Waals surface area (Å²) in [6.07, 6.45) is 0. The van der Waals surface area contributed by atoms with Crippen molar-refractivity contribution < 1.29 is 4.42 Å². The molecular formula is C49H28N4O. The first-order valence-corrected chi connectivity index (χ1v) is 18.2. The summed E-state index contributed by atoms with van der Waals surface area (Å²) in [6.45, 7) is 0. The molecular weight excluding hydrogens is 661 g/mol. The Bertz CT molecular complexity index is 3570. The number of fused-ring (bicyclic) bond motifs is 12. The third kappa shape index (κ3) is 3.91. The van der Waals surface area contributed by atoms with Crippen LogP contribution >= 0.6 is 0 Å². The van der Waals surface area contributed by atoms with Gasteiger partial charge in [-0.05, 0) is 97.1 Å². The molecule has 0 aliphatic heterocycles. The highest BCUT2D eigenvalue weighted by molar-refractivity contribution is 6.19. The Morgan fingerprint density at radius 2 is 0.796 bits per heavy atom. The minimum atomic E-state index is 0.654. The van der Waals surface area contributed by atoms with Crippen LogP contribution in [0.15, 0.2) is 174 Å². The van der Waals surface area contributed by atoms with Crippen LogP contribution in [0.3, 0.4) is 0 Å². The smallest absolute Gasteiger partial charge is 0.135 e. The van der Waals surface area contributed by atoms with Crippen LogP contribution in [0, 0.1) is 11.3 Å². The summed E-state index contributed by atoms with van der Waals surface area (Å²) in [4.78, 5) is 0. The molecule has 0 saturated carbocycles. The maximum Gasteiger partial charge on any atom is 0.135 e. The van der Waals surface area contributed by atoms with E-state index in [9.17, 15) is 5.26 Å². The lowest BCUT2D eigenvalue weighted by molar-refractivity contribution is 0.669. The molecule has 54 heavy (non-hydrogen) atoms. The largest absolute Gasteiger partial charge is 0.456 e. The van der Waals surface area contributed by atoms with E-state index in [2.05, 4.69) is 177 Å². The second kappa shape index (κ2) is 10.7. The van der Waals surface area contributed by atoms with Gasteiger partial charge in [-0.2, -0.15) is 5.26 Å². The fraction of sp³-hybridized carbons (Fsp3) is 0. The number of benzene rings is 8. The second-order valence-corrected chi connectivity index (χ2v) is 14.1. The molecule has 0 radical (unpaired) electrons. The highest BCUT2D eigenvalue weighted by Crippen LogP contribution is 2.41. The number of nitriles is 1. The SMILES string of the molecule is N#Cc1ccc2c(c1)c1ccccc1n2-c1ccc2oc3ccc(-n4c5ccccc5c5cc6c7ccccc7n(-c7ccccc7)c6cc54)cc3c2c1. The molecule has 0 amide bonds. The zero-order chi connectivity index (χ0) is 35.5. The number of nitrogens with zero attached hydrogens (tertiary/aromatic N) is 4. The van der Waals surface area contributed by atoms with Gasteiger partial charge in [-0.3, -0.25) is 0 Å². The van der Waals surface area contributed by atoms with Crippen LogP contribution in [-0.4, -0.2) is 13.7 Å². The summed E-state index contributed by atoms with van der Waals surface area (Å²) in [7, 11) is 0. The van der Waals surface area contributed by atoms with E-state index in [-0.39, 0.29) is 0 Å². The molecule has 4 heterocycles. The van der Waals surface area contributed by atoms with Crippen molar-refractivity contribution in [2.75, 3.05) is 0 Å². The minimum absolute atomic E-state index is 0.654. The molecule has 5 nitrogen and oxygen atoms in total. The van der Waals surface area contributed by atoms with Gasteiger partial charge in [-0.25, -0.2) is 0 Å². The van der Waals surface area contributed by atoms with Gasteiger partial charge in [0, 0.05) is 60.2 Å². The first kappa shape index (κ1) is 29.1. The molecule has 8 aromatic carbocycles. The number of hydrogen-bond donors (Lipinski definition) is 0. The molecule has 0 aliphatic rings. The molecule has 0 unspecified atom stereocenters. The zero-order valence-corrected chi connectivity index (χ0v) is 28.9. The molecule has 0 bridgehead atoms. The standard InChI is InChI=1S/C49H28N4O/c50-29-30-18-21-45-37(24-30)34-12-4-8-16-43(34)52(45)32-19-22-48-40(25-32)41-26-33(20-23-49(41)54-48)53-44-17-9-6-14-36(44)39-27-38-35-13-5-7-15-42(35)51(46(38)28-47(39)53)31-10-2-1-3-11-31/h1-28H. The van der Waals surface area contributed by atoms with Gasteiger partial charge in [0.1, 0.15) is 11.2 Å². The molecule has 4 aromatic heterocycles. The number of rotatable bonds is 3. The van der Waals surface area contributed by atoms with Crippen molar-refractivity contribution >= 4 is 87.4 Å². The molecule has 5 heteroatoms. The van der Waals surface area contributed by atoms with Crippen molar-refractivity contribution in [2.45, 2.75) is 0 Å². The van der Waals surface area contributed by atoms with Crippen molar-refractivity contribution in [1.82, 2.24) is 13.7 Å². The van der Waals surface area contributed by atoms with E-state index < -0.39 is 0 Å². The Kier molecular flexibility index (Phi) is 5.78. The Balaban J connectivity index is 1.12. The summed E-state index contributed by atoms with van der Waals surface area (Å²) < 4.78 is 13.6. The van der Waals surface area contributed by atoms with E-state index in [0.29, 0.717) is 5.56 Å². The van der Waals surface area contributed by atoms with Gasteiger partial charge in [0.15, 0.2) is 0 Å². The highest BCUT2D eigenvalue weighted by Gasteiger charge is 2.20. The molecule has 0 spiro atoms. The van der Waals surface area contributed by atoms with Crippen LogP contribution in [0.1, 0.15) is 5.56 Å². The van der Waals surface area contributed by atoms with E-state index in [1.807, 2.05) is 12.1 Å². The van der Waals surface area contributed by atoms with Crippen LogP contribution in [0.2, 0.25) is 0 Å². The summed E-state index contributed by atoms with van der Waals surface area (Å²) in [5, 5.41) is 18.9. The Morgan fingerprint density at radius 3 is 1.35 bits per heavy atom. The quantitative estimate of drug-likeness (QED) is 0.185. The van der Waals surface area contributed by atoms with Crippen molar-refractivity contribution in [3.63, 3.8) is 0 Å². The number of aromatic nitrogens is 3. The zero-order valence-electron chi connectivity index (χ0n) is 28.9. The number of hydrogen-bond acceptors (Lipinski definition) is 2. The first-order chi connectivity index (χ1) is 26.7. The lowest BCUT2D eigenvalue weighted by Crippen LogP contribution is -1.95. The van der Waals surface area contributed by atoms with Crippen molar-refractivity contribution in [2.24, 2.45) is 0 Å². The lowest BCUT2D eigenvalue weighted by Gasteiger charge is -2.10. The van der Waals surface area contributed by atoms with Gasteiger partial charge in [-0.15, -0.1) is 0 Å². The Labute approximate surface area is 308 Å². The average molecular weight is 689 g/mol. The summed E-state index contributed by atoms with van der Waals surface area (Å²) in [5.41, 5.74) is 12.4. The predicted molar refractivity (Wildman–Crippen MR) is 221 cm³/mol. The van der Waals surface area contributed by atoms with Gasteiger partial charge >= 0.3 is 0 Å². The summed E-state index contributed by atoms with van der Waals surface area (Å²) >= 11 is 0. The first-order valence-electron chi connectivity index (χ1n) is 18.2. The molecule has 0 fully saturated rings. The number of furan rings is 1. The highest BCUT2D eigenvalue weighted by atomic mass is 16.3. The second-order valence-electron chi connectivity index (χ2n) is 14.1. The molecule has 0 atom stereocenters. The van der Waals surface area contributed by atoms with E-state index >= 15 is 0 Å². The molecule has 0 aliphatic carbocycles. The van der Waals surface area contributed by atoms with Crippen molar-refractivity contribution in [1.29, 1.82) is 5.26 Å². The number of para-hydroxylation sites is 4. The third-order valence-corrected chi connectivity index (χ3v) is 11.2. The average Bonchev–Trinajstić information content (AvgIpc) is 3.95. The van der Waals surface area contributed by atoms with Gasteiger partial charge in [0.25, 0.3) is 0 Å². The third-order valence-electron chi connectivity index (χ3n) is 11.2. The van der Waals surface area contributed by atoms with E-state index in [1.54, 1.807) is 0 Å². The van der Waals surface area contributed by atoms with Gasteiger partial charge in [0.2, 0.25) is 0 Å². The van der Waals surface area contributed by atoms with Crippen molar-refractivity contribution in [3.05, 3.63) is 175 Å². The van der Waals surface area contributed by atoms with E-state index in [0.717, 1.165) is 71.8 Å². The Morgan fingerprint density at radius 1 is 0.333 bits per heavy atom. The maximum absolute atomic E-state index is 9.66. The monoisotopic (exact) mass is 688 g/mol. The van der Waals surface area contributed by atoms with Crippen LogP contribution < -0.4 is 0 Å². The van der Waals surface area contributed by atoms with Crippen LogP contribution in [0.25, 0.3) is 104 Å². The van der Waals surface area contributed by atoms with E-state index in [1.165, 1.54) is 32.6 Å². The predicted octanol–water partition coefficient (Wildman–Crippen LogP) is 12.7. The lowest BCUT2D eigenvalue weighted by atomic mass is 10.1. The van der Waals surface area contributed by atoms with Gasteiger partial charge in [0.05, 0.1) is 44.7 Å². The van der Waals surface area contributed by atoms with Gasteiger partial charge < -0.3 is 18.1 Å². The van der Waals surface area contributed by atoms with Crippen LogP contribution in [-0.2, 0) is 0 Å². The summed E-state index contributed by atoms with van der Waals surface area (Å²) in [5.74, 6) is 0. The molecule has 0 N–H and O–H groups in total. The molecule has 0 saturated heterocycles. The minimum Gasteiger partial charge on any atom is -0.456 e. The molecule has 12 aromatic rings. The van der Waals surface area contributed by atoms with E-state index in [4.69, 9.17) is 4.42 Å². The fourth-order valence-electron chi connectivity index (χ4n) is 8.92. The fourth-order valence-corrected chi connectivity index (χ4v) is 8.92. The molecule has 12 rings (SSSR count). The normalized spacial score (nSPS) is 12.1. The Hall–Kier alpha value is -7.55. The van der Waals surface area contributed by atoms with Crippen LogP contribution in [0.4, 0.5) is 0 Å². The molecule has 250 valence electrons. The summed E-state index contributed by atoms with van der Waals surface area (Å²) in [6, 6.07) is 62.5. The maximum atomic E-state index is 9.66. The van der Waals surface area contributed by atoms with Gasteiger partial charge in [-0.1, -0.05) is 72.8 Å². The topological polar surface area (TPSA) is 51.7 Å². The van der Waals surface area contributed by atoms with Crippen molar-refractivity contribution in [3.8, 4) is 23.1 Å². The van der Waals surface area contributed by atoms with Crippen LogP contribution in [0.5, 0.6) is 0 Å².